The van der Waals surface area contributed by atoms with Crippen molar-refractivity contribution in [2.24, 2.45) is 5.92 Å². The molecule has 1 saturated heterocycles. The summed E-state index contributed by atoms with van der Waals surface area (Å²) < 4.78 is 28.0. The van der Waals surface area contributed by atoms with E-state index < -0.39 is 10.0 Å². The van der Waals surface area contributed by atoms with Gasteiger partial charge in [0.15, 0.2) is 0 Å². The van der Waals surface area contributed by atoms with Gasteiger partial charge in [0.25, 0.3) is 5.91 Å². The van der Waals surface area contributed by atoms with Gasteiger partial charge in [-0.2, -0.15) is 0 Å². The summed E-state index contributed by atoms with van der Waals surface area (Å²) in [7, 11) is -3.74. The highest BCUT2D eigenvalue weighted by Crippen LogP contribution is 2.28. The highest BCUT2D eigenvalue weighted by Gasteiger charge is 2.32. The third-order valence-corrected chi connectivity index (χ3v) is 7.43. The van der Waals surface area contributed by atoms with E-state index in [0.29, 0.717) is 31.7 Å². The van der Waals surface area contributed by atoms with Crippen molar-refractivity contribution in [3.8, 4) is 0 Å². The molecule has 1 aliphatic carbocycles. The number of piperazine rings is 1. The van der Waals surface area contributed by atoms with Crippen LogP contribution in [0.2, 0.25) is 0 Å². The first-order valence-electron chi connectivity index (χ1n) is 10.7. The number of nitrogens with one attached hydrogen (secondary N) is 1. The van der Waals surface area contributed by atoms with E-state index in [-0.39, 0.29) is 29.2 Å². The fourth-order valence-corrected chi connectivity index (χ4v) is 4.94. The largest absolute Gasteiger partial charge is 0.339 e. The lowest BCUT2D eigenvalue weighted by Crippen LogP contribution is -2.52. The molecule has 0 unspecified atom stereocenters. The lowest BCUT2D eigenvalue weighted by molar-refractivity contribution is -0.139. The van der Waals surface area contributed by atoms with E-state index in [1.54, 1.807) is 17.0 Å². The first-order valence-corrected chi connectivity index (χ1v) is 12.1. The number of sulfonamides is 1. The summed E-state index contributed by atoms with van der Waals surface area (Å²) in [5.41, 5.74) is 1.19. The molecule has 1 aliphatic heterocycles. The van der Waals surface area contributed by atoms with Gasteiger partial charge in [-0.15, -0.1) is 0 Å². The predicted molar refractivity (Wildman–Crippen MR) is 117 cm³/mol. The molecule has 0 bridgehead atoms. The maximum atomic E-state index is 12.9. The molecule has 2 aromatic rings. The van der Waals surface area contributed by atoms with Crippen molar-refractivity contribution < 1.29 is 18.0 Å². The zero-order valence-electron chi connectivity index (χ0n) is 17.4. The Hall–Kier alpha value is -2.71. The number of carbonyl (C=O) groups excluding carboxylic acids is 2. The Morgan fingerprint density at radius 3 is 2.23 bits per heavy atom. The number of amides is 2. The number of benzene rings is 2. The van der Waals surface area contributed by atoms with E-state index >= 15 is 0 Å². The smallest absolute Gasteiger partial charge is 0.254 e. The van der Waals surface area contributed by atoms with Crippen molar-refractivity contribution in [2.45, 2.75) is 30.7 Å². The average molecular weight is 442 g/mol. The van der Waals surface area contributed by atoms with Crippen LogP contribution in [-0.2, 0) is 21.4 Å². The average Bonchev–Trinajstić information content (AvgIpc) is 2.77. The third-order valence-electron chi connectivity index (χ3n) is 6.03. The topological polar surface area (TPSA) is 86.8 Å². The monoisotopic (exact) mass is 441 g/mol. The van der Waals surface area contributed by atoms with Crippen LogP contribution in [0.15, 0.2) is 59.5 Å². The molecule has 8 heteroatoms. The zero-order valence-corrected chi connectivity index (χ0v) is 18.2. The van der Waals surface area contributed by atoms with Gasteiger partial charge in [-0.3, -0.25) is 9.59 Å². The van der Waals surface area contributed by atoms with Gasteiger partial charge in [0.05, 0.1) is 4.90 Å². The molecule has 0 radical (unpaired) electrons. The van der Waals surface area contributed by atoms with Crippen molar-refractivity contribution in [1.82, 2.24) is 14.5 Å². The Morgan fingerprint density at radius 1 is 0.903 bits per heavy atom. The van der Waals surface area contributed by atoms with Crippen LogP contribution in [0.1, 0.15) is 35.2 Å². The molecule has 0 spiro atoms. The van der Waals surface area contributed by atoms with Crippen molar-refractivity contribution in [3.63, 3.8) is 0 Å². The van der Waals surface area contributed by atoms with E-state index in [0.717, 1.165) is 24.8 Å². The molecule has 0 atom stereocenters. The second-order valence-electron chi connectivity index (χ2n) is 8.08. The second kappa shape index (κ2) is 9.20. The molecular weight excluding hydrogens is 414 g/mol. The zero-order chi connectivity index (χ0) is 21.8. The minimum Gasteiger partial charge on any atom is -0.339 e. The lowest BCUT2D eigenvalue weighted by atomic mass is 9.84. The van der Waals surface area contributed by atoms with Crippen molar-refractivity contribution in [1.29, 1.82) is 0 Å². The molecule has 2 fully saturated rings. The van der Waals surface area contributed by atoms with Crippen molar-refractivity contribution >= 4 is 21.8 Å². The number of rotatable bonds is 6. The van der Waals surface area contributed by atoms with Gasteiger partial charge >= 0.3 is 0 Å². The van der Waals surface area contributed by atoms with Gasteiger partial charge < -0.3 is 9.80 Å². The molecule has 2 aromatic carbocycles. The molecule has 31 heavy (non-hydrogen) atoms. The molecule has 7 nitrogen and oxygen atoms in total. The summed E-state index contributed by atoms with van der Waals surface area (Å²) in [5, 5.41) is 0. The Bertz CT molecular complexity index is 1040. The van der Waals surface area contributed by atoms with Gasteiger partial charge in [0.1, 0.15) is 0 Å². The Balaban J connectivity index is 1.38. The summed E-state index contributed by atoms with van der Waals surface area (Å²) in [5.74, 6) is 0.152. The molecule has 164 valence electrons. The van der Waals surface area contributed by atoms with E-state index in [2.05, 4.69) is 4.72 Å². The van der Waals surface area contributed by atoms with Crippen LogP contribution in [0, 0.1) is 5.92 Å². The van der Waals surface area contributed by atoms with Gasteiger partial charge in [-0.1, -0.05) is 42.8 Å². The number of hydrogen-bond donors (Lipinski definition) is 1. The van der Waals surface area contributed by atoms with Gasteiger partial charge in [-0.25, -0.2) is 13.1 Å². The van der Waals surface area contributed by atoms with Crippen LogP contribution in [0.3, 0.4) is 0 Å². The standard InChI is InChI=1S/C23H27N3O4S/c27-22(19-8-4-9-19)25-12-14-26(15-13-25)23(28)20-10-5-11-21(16-20)31(29,30)24-17-18-6-2-1-3-7-18/h1-3,5-7,10-11,16,19,24H,4,8-9,12-15,17H2. The van der Waals surface area contributed by atoms with Gasteiger partial charge in [0.2, 0.25) is 15.9 Å². The highest BCUT2D eigenvalue weighted by atomic mass is 32.2. The molecule has 1 heterocycles. The highest BCUT2D eigenvalue weighted by molar-refractivity contribution is 7.89. The predicted octanol–water partition coefficient (Wildman–Crippen LogP) is 2.25. The van der Waals surface area contributed by atoms with Crippen LogP contribution in [0.4, 0.5) is 0 Å². The van der Waals surface area contributed by atoms with Gasteiger partial charge in [0, 0.05) is 44.2 Å². The van der Waals surface area contributed by atoms with Crippen LogP contribution < -0.4 is 4.72 Å². The summed E-state index contributed by atoms with van der Waals surface area (Å²) in [6.07, 6.45) is 3.06. The summed E-state index contributed by atoms with van der Waals surface area (Å²) in [6, 6.07) is 15.4. The summed E-state index contributed by atoms with van der Waals surface area (Å²) in [6.45, 7) is 2.15. The summed E-state index contributed by atoms with van der Waals surface area (Å²) in [4.78, 5) is 28.9. The first-order chi connectivity index (χ1) is 14.9. The molecule has 0 aromatic heterocycles. The maximum absolute atomic E-state index is 12.9. The number of hydrogen-bond acceptors (Lipinski definition) is 4. The van der Waals surface area contributed by atoms with E-state index in [1.807, 2.05) is 35.2 Å². The van der Waals surface area contributed by atoms with Gasteiger partial charge in [-0.05, 0) is 36.6 Å². The van der Waals surface area contributed by atoms with Crippen LogP contribution in [0.25, 0.3) is 0 Å². The number of nitrogens with zero attached hydrogens (tertiary/aromatic N) is 2. The van der Waals surface area contributed by atoms with Crippen LogP contribution in [0.5, 0.6) is 0 Å². The Morgan fingerprint density at radius 2 is 1.58 bits per heavy atom. The van der Waals surface area contributed by atoms with Crippen molar-refractivity contribution in [2.75, 3.05) is 26.2 Å². The normalized spacial score (nSPS) is 17.3. The minimum atomic E-state index is -3.74. The van der Waals surface area contributed by atoms with Crippen LogP contribution >= 0.6 is 0 Å². The quantitative estimate of drug-likeness (QED) is 0.745. The molecule has 1 saturated carbocycles. The lowest BCUT2D eigenvalue weighted by Gasteiger charge is -2.38. The third kappa shape index (κ3) is 4.97. The second-order valence-corrected chi connectivity index (χ2v) is 9.85. The molecule has 4 rings (SSSR count). The van der Waals surface area contributed by atoms with Crippen LogP contribution in [-0.4, -0.2) is 56.2 Å². The molecule has 2 aliphatic rings. The summed E-state index contributed by atoms with van der Waals surface area (Å²) >= 11 is 0. The molecule has 1 N–H and O–H groups in total. The first kappa shape index (κ1) is 21.5. The maximum Gasteiger partial charge on any atom is 0.254 e. The SMILES string of the molecule is O=C(c1cccc(S(=O)(=O)NCc2ccccc2)c1)N1CCN(C(=O)C2CCC2)CC1. The molecular formula is C23H27N3O4S. The Kier molecular flexibility index (Phi) is 6.38. The number of carbonyl (C=O) groups is 2. The Labute approximate surface area is 183 Å². The fraction of sp³-hybridized carbons (Fsp3) is 0.391. The van der Waals surface area contributed by atoms with E-state index in [4.69, 9.17) is 0 Å². The van der Waals surface area contributed by atoms with Crippen molar-refractivity contribution in [3.05, 3.63) is 65.7 Å². The molecule has 2 amide bonds. The van der Waals surface area contributed by atoms with E-state index in [9.17, 15) is 18.0 Å². The minimum absolute atomic E-state index is 0.0630. The fourth-order valence-electron chi connectivity index (χ4n) is 3.88. The van der Waals surface area contributed by atoms with E-state index in [1.165, 1.54) is 12.1 Å².